The van der Waals surface area contributed by atoms with E-state index in [1.807, 2.05) is 0 Å². The van der Waals surface area contributed by atoms with E-state index >= 15 is 0 Å². The number of phenolic OH excluding ortho intramolecular Hbond substituents is 4. The minimum absolute atomic E-state index is 0.161. The summed E-state index contributed by atoms with van der Waals surface area (Å²) in [4.78, 5) is 0.646. The second-order valence-corrected chi connectivity index (χ2v) is 7.33. The quantitative estimate of drug-likeness (QED) is 0.352. The van der Waals surface area contributed by atoms with Crippen LogP contribution in [0.4, 0.5) is 0 Å². The summed E-state index contributed by atoms with van der Waals surface area (Å²) in [5.74, 6) is -1.21. The van der Waals surface area contributed by atoms with Crippen molar-refractivity contribution in [1.82, 2.24) is 0 Å². The third-order valence-corrected chi connectivity index (χ3v) is 5.99. The topological polar surface area (TPSA) is 99.4 Å². The van der Waals surface area contributed by atoms with Crippen molar-refractivity contribution in [1.29, 1.82) is 0 Å². The highest BCUT2D eigenvalue weighted by atomic mass is 32.2. The van der Waals surface area contributed by atoms with Crippen molar-refractivity contribution in [3.8, 4) is 34.5 Å². The predicted molar refractivity (Wildman–Crippen MR) is 112 cm³/mol. The zero-order chi connectivity index (χ0) is 20.7. The zero-order valence-corrected chi connectivity index (χ0v) is 16.4. The van der Waals surface area contributed by atoms with Gasteiger partial charge in [0.25, 0.3) is 0 Å². The number of phenols is 4. The Morgan fingerprint density at radius 1 is 0.552 bits per heavy atom. The fourth-order valence-corrected chi connectivity index (χ4v) is 4.59. The smallest absolute Gasteiger partial charge is 0.202 e. The van der Waals surface area contributed by atoms with Gasteiger partial charge in [-0.25, -0.2) is 0 Å². The maximum absolute atomic E-state index is 10.7. The molecule has 0 amide bonds. The van der Waals surface area contributed by atoms with E-state index in [-0.39, 0.29) is 23.0 Å². The highest BCUT2D eigenvalue weighted by molar-refractivity contribution is 8.00. The van der Waals surface area contributed by atoms with Crippen molar-refractivity contribution in [2.45, 2.75) is 9.79 Å². The van der Waals surface area contributed by atoms with Gasteiger partial charge in [-0.2, -0.15) is 0 Å². The fourth-order valence-electron chi connectivity index (χ4n) is 3.42. The molecular formula is C22H18O6S. The van der Waals surface area contributed by atoms with Crippen LogP contribution in [-0.4, -0.2) is 34.6 Å². The van der Waals surface area contributed by atoms with E-state index in [1.54, 1.807) is 48.5 Å². The average molecular weight is 410 g/mol. The van der Waals surface area contributed by atoms with Crippen molar-refractivity contribution in [2.75, 3.05) is 14.2 Å². The highest BCUT2D eigenvalue weighted by Crippen LogP contribution is 2.56. The number of hydrogen-bond donors (Lipinski definition) is 4. The molecule has 6 nitrogen and oxygen atoms in total. The van der Waals surface area contributed by atoms with Crippen molar-refractivity contribution < 1.29 is 29.9 Å². The van der Waals surface area contributed by atoms with Crippen molar-refractivity contribution in [2.24, 2.45) is 0 Å². The number of hydrogen-bond acceptors (Lipinski definition) is 7. The number of methoxy groups -OCH3 is 2. The summed E-state index contributed by atoms with van der Waals surface area (Å²) < 4.78 is 10.5. The zero-order valence-electron chi connectivity index (χ0n) is 15.6. The third-order valence-electron chi connectivity index (χ3n) is 4.75. The Bertz CT molecular complexity index is 1150. The number of benzene rings is 4. The first-order valence-electron chi connectivity index (χ1n) is 8.68. The largest absolute Gasteiger partial charge is 0.503 e. The van der Waals surface area contributed by atoms with Crippen LogP contribution in [0.2, 0.25) is 0 Å². The van der Waals surface area contributed by atoms with Crippen LogP contribution >= 0.6 is 11.8 Å². The van der Waals surface area contributed by atoms with Gasteiger partial charge in [0.1, 0.15) is 0 Å². The van der Waals surface area contributed by atoms with Crippen LogP contribution in [0.1, 0.15) is 0 Å². The molecule has 4 aromatic carbocycles. The molecule has 0 bridgehead atoms. The molecule has 0 unspecified atom stereocenters. The monoisotopic (exact) mass is 410 g/mol. The number of fused-ring (bicyclic) bond motifs is 2. The third kappa shape index (κ3) is 2.82. The normalized spacial score (nSPS) is 11.1. The van der Waals surface area contributed by atoms with E-state index in [9.17, 15) is 20.4 Å². The van der Waals surface area contributed by atoms with Gasteiger partial charge in [-0.15, -0.1) is 0 Å². The van der Waals surface area contributed by atoms with Gasteiger partial charge >= 0.3 is 0 Å². The fraction of sp³-hybridized carbons (Fsp3) is 0.0909. The molecule has 0 fully saturated rings. The van der Waals surface area contributed by atoms with E-state index < -0.39 is 11.5 Å². The lowest BCUT2D eigenvalue weighted by molar-refractivity contribution is 0.350. The van der Waals surface area contributed by atoms with Gasteiger partial charge < -0.3 is 29.9 Å². The minimum atomic E-state index is -0.393. The van der Waals surface area contributed by atoms with Gasteiger partial charge in [-0.1, -0.05) is 60.3 Å². The number of aromatic hydroxyl groups is 4. The Morgan fingerprint density at radius 3 is 1.24 bits per heavy atom. The Hall–Kier alpha value is -3.45. The van der Waals surface area contributed by atoms with Crippen LogP contribution in [0.3, 0.4) is 0 Å². The summed E-state index contributed by atoms with van der Waals surface area (Å²) in [6.45, 7) is 0. The van der Waals surface area contributed by atoms with Gasteiger partial charge in [0.2, 0.25) is 11.5 Å². The molecule has 0 heterocycles. The lowest BCUT2D eigenvalue weighted by Crippen LogP contribution is -1.91. The maximum atomic E-state index is 10.7. The Kier molecular flexibility index (Phi) is 4.68. The SMILES string of the molecule is COc1c(O)c(O)c(Sc2c(O)c(O)c(OC)c3ccccc23)c2ccccc12. The van der Waals surface area contributed by atoms with E-state index in [0.717, 1.165) is 11.8 Å². The molecule has 7 heteroatoms. The molecule has 0 atom stereocenters. The molecule has 4 N–H and O–H groups in total. The number of rotatable bonds is 4. The van der Waals surface area contributed by atoms with Crippen LogP contribution in [0.5, 0.6) is 34.5 Å². The van der Waals surface area contributed by atoms with Gasteiger partial charge in [0, 0.05) is 21.5 Å². The minimum Gasteiger partial charge on any atom is -0.503 e. The number of ether oxygens (including phenoxy) is 2. The molecule has 0 saturated heterocycles. The Balaban J connectivity index is 2.04. The van der Waals surface area contributed by atoms with E-state index in [2.05, 4.69) is 0 Å². The summed E-state index contributed by atoms with van der Waals surface area (Å²) in [7, 11) is 2.82. The lowest BCUT2D eigenvalue weighted by atomic mass is 10.1. The summed E-state index contributed by atoms with van der Waals surface area (Å²) in [5, 5.41) is 44.7. The first-order valence-corrected chi connectivity index (χ1v) is 9.50. The average Bonchev–Trinajstić information content (AvgIpc) is 2.74. The van der Waals surface area contributed by atoms with Crippen LogP contribution in [-0.2, 0) is 0 Å². The van der Waals surface area contributed by atoms with E-state index in [0.29, 0.717) is 31.3 Å². The van der Waals surface area contributed by atoms with E-state index in [4.69, 9.17) is 9.47 Å². The molecular weight excluding hydrogens is 392 g/mol. The standard InChI is InChI=1S/C22H18O6S/c1-27-19-11-7-3-5-9-13(11)21(17(25)15(19)23)29-22-14-10-6-4-8-12(14)20(28-2)16(24)18(22)26/h3-10,23-26H,1-2H3. The molecule has 0 saturated carbocycles. The second kappa shape index (κ2) is 7.18. The molecule has 0 spiro atoms. The molecule has 148 valence electrons. The Morgan fingerprint density at radius 2 is 0.897 bits per heavy atom. The first-order chi connectivity index (χ1) is 14.0. The first kappa shape index (κ1) is 18.9. The lowest BCUT2D eigenvalue weighted by Gasteiger charge is -2.17. The van der Waals surface area contributed by atoms with Crippen molar-refractivity contribution >= 4 is 33.3 Å². The molecule has 4 aromatic rings. The second-order valence-electron chi connectivity index (χ2n) is 6.31. The molecule has 29 heavy (non-hydrogen) atoms. The van der Waals surface area contributed by atoms with Gasteiger partial charge in [-0.05, 0) is 0 Å². The molecule has 4 rings (SSSR count). The van der Waals surface area contributed by atoms with Crippen molar-refractivity contribution in [3.05, 3.63) is 48.5 Å². The molecule has 0 radical (unpaired) electrons. The van der Waals surface area contributed by atoms with Gasteiger partial charge in [-0.3, -0.25) is 0 Å². The summed E-state index contributed by atoms with van der Waals surface area (Å²) in [6.07, 6.45) is 0. The molecule has 0 aliphatic rings. The van der Waals surface area contributed by atoms with Gasteiger partial charge in [0.15, 0.2) is 23.0 Å². The molecule has 0 aromatic heterocycles. The summed E-state index contributed by atoms with van der Waals surface area (Å²) >= 11 is 1.04. The molecule has 0 aliphatic carbocycles. The van der Waals surface area contributed by atoms with Gasteiger partial charge in [0.05, 0.1) is 24.0 Å². The maximum Gasteiger partial charge on any atom is 0.202 e. The van der Waals surface area contributed by atoms with Crippen LogP contribution in [0.25, 0.3) is 21.5 Å². The van der Waals surface area contributed by atoms with E-state index in [1.165, 1.54) is 14.2 Å². The summed E-state index contributed by atoms with van der Waals surface area (Å²) in [6, 6.07) is 14.3. The molecule has 0 aliphatic heterocycles. The summed E-state index contributed by atoms with van der Waals surface area (Å²) in [5.41, 5.74) is 0. The Labute approximate surface area is 170 Å². The highest BCUT2D eigenvalue weighted by Gasteiger charge is 2.25. The predicted octanol–water partition coefficient (Wildman–Crippen LogP) is 4.98. The van der Waals surface area contributed by atoms with Crippen LogP contribution in [0, 0.1) is 0 Å². The van der Waals surface area contributed by atoms with Crippen molar-refractivity contribution in [3.63, 3.8) is 0 Å². The van der Waals surface area contributed by atoms with Crippen LogP contribution < -0.4 is 9.47 Å². The van der Waals surface area contributed by atoms with Crippen LogP contribution in [0.15, 0.2) is 58.3 Å².